The van der Waals surface area contributed by atoms with Crippen LogP contribution in [0, 0.1) is 0 Å². The van der Waals surface area contributed by atoms with Crippen molar-refractivity contribution in [3.8, 4) is 0 Å². The lowest BCUT2D eigenvalue weighted by Gasteiger charge is -2.32. The Bertz CT molecular complexity index is 297. The molecule has 0 unspecified atom stereocenters. The summed E-state index contributed by atoms with van der Waals surface area (Å²) in [6.45, 7) is 10.5. The average Bonchev–Trinajstić information content (AvgIpc) is 2.37. The minimum absolute atomic E-state index is 0. The van der Waals surface area contributed by atoms with Gasteiger partial charge in [-0.25, -0.2) is 0 Å². The highest BCUT2D eigenvalue weighted by atomic mass is 16.7. The molecule has 0 N–H and O–H groups in total. The summed E-state index contributed by atoms with van der Waals surface area (Å²) in [7, 11) is 2.00. The van der Waals surface area contributed by atoms with Crippen molar-refractivity contribution in [1.29, 1.82) is 0 Å². The lowest BCUT2D eigenvalue weighted by atomic mass is 9.75. The van der Waals surface area contributed by atoms with Crippen molar-refractivity contribution in [2.75, 3.05) is 20.1 Å². The SMILES string of the molecule is C.CN1CC=C(B2OC(C)(C)C(C)(C)O2)CC1. The fourth-order valence-corrected chi connectivity index (χ4v) is 1.99. The van der Waals surface area contributed by atoms with E-state index in [0.29, 0.717) is 0 Å². The van der Waals surface area contributed by atoms with Gasteiger partial charge in [0.1, 0.15) is 0 Å². The van der Waals surface area contributed by atoms with E-state index in [0.717, 1.165) is 19.5 Å². The molecule has 0 saturated carbocycles. The van der Waals surface area contributed by atoms with E-state index in [2.05, 4.69) is 45.7 Å². The standard InChI is InChI=1S/C12H22BNO2.CH4/c1-11(2)12(3,4)16-13(15-11)10-6-8-14(5)9-7-10;/h6H,7-9H2,1-5H3;1H4. The molecule has 0 aromatic heterocycles. The second-order valence-electron chi connectivity index (χ2n) is 5.88. The van der Waals surface area contributed by atoms with E-state index in [1.54, 1.807) is 0 Å². The van der Waals surface area contributed by atoms with Crippen LogP contribution in [-0.2, 0) is 9.31 Å². The van der Waals surface area contributed by atoms with Crippen LogP contribution in [0.1, 0.15) is 41.5 Å². The highest BCUT2D eigenvalue weighted by molar-refractivity contribution is 6.54. The molecule has 0 aromatic carbocycles. The maximum Gasteiger partial charge on any atom is 0.490 e. The first-order valence-electron chi connectivity index (χ1n) is 6.05. The number of likely N-dealkylation sites (N-methyl/N-ethyl adjacent to an activating group) is 1. The molecule has 0 radical (unpaired) electrons. The molecular weight excluding hydrogens is 213 g/mol. The Balaban J connectivity index is 0.00000144. The third-order valence-corrected chi connectivity index (χ3v) is 4.00. The van der Waals surface area contributed by atoms with Gasteiger partial charge in [-0.1, -0.05) is 13.5 Å². The zero-order valence-electron chi connectivity index (χ0n) is 11.0. The maximum absolute atomic E-state index is 6.03. The van der Waals surface area contributed by atoms with E-state index in [9.17, 15) is 0 Å². The molecule has 1 fully saturated rings. The molecular formula is C13H26BNO2. The van der Waals surface area contributed by atoms with Gasteiger partial charge in [-0.15, -0.1) is 0 Å². The highest BCUT2D eigenvalue weighted by Crippen LogP contribution is 2.39. The van der Waals surface area contributed by atoms with Gasteiger partial charge in [0, 0.05) is 13.1 Å². The first-order valence-corrected chi connectivity index (χ1v) is 6.05. The van der Waals surface area contributed by atoms with Crippen molar-refractivity contribution in [2.24, 2.45) is 0 Å². The average molecular weight is 239 g/mol. The van der Waals surface area contributed by atoms with Gasteiger partial charge in [-0.3, -0.25) is 0 Å². The molecule has 2 heterocycles. The van der Waals surface area contributed by atoms with Crippen LogP contribution in [-0.4, -0.2) is 43.4 Å². The lowest BCUT2D eigenvalue weighted by molar-refractivity contribution is 0.00578. The van der Waals surface area contributed by atoms with Gasteiger partial charge in [-0.05, 0) is 46.6 Å². The van der Waals surface area contributed by atoms with Crippen molar-refractivity contribution in [2.45, 2.75) is 52.7 Å². The van der Waals surface area contributed by atoms with Gasteiger partial charge < -0.3 is 14.2 Å². The Morgan fingerprint density at radius 1 is 1.18 bits per heavy atom. The van der Waals surface area contributed by atoms with Crippen LogP contribution >= 0.6 is 0 Å². The maximum atomic E-state index is 6.03. The summed E-state index contributed by atoms with van der Waals surface area (Å²) in [4.78, 5) is 2.30. The molecule has 17 heavy (non-hydrogen) atoms. The zero-order valence-corrected chi connectivity index (χ0v) is 11.0. The summed E-state index contributed by atoms with van der Waals surface area (Å²) in [6.07, 6.45) is 3.29. The fourth-order valence-electron chi connectivity index (χ4n) is 1.99. The summed E-state index contributed by atoms with van der Waals surface area (Å²) in [5.41, 5.74) is 0.862. The molecule has 0 aliphatic carbocycles. The van der Waals surface area contributed by atoms with Gasteiger partial charge in [-0.2, -0.15) is 0 Å². The molecule has 0 atom stereocenters. The molecule has 0 bridgehead atoms. The molecule has 2 aliphatic rings. The minimum Gasteiger partial charge on any atom is -0.400 e. The van der Waals surface area contributed by atoms with E-state index in [-0.39, 0.29) is 25.7 Å². The van der Waals surface area contributed by atoms with E-state index in [4.69, 9.17) is 9.31 Å². The number of rotatable bonds is 1. The molecule has 0 aromatic rings. The predicted octanol–water partition coefficient (Wildman–Crippen LogP) is 2.52. The summed E-state index contributed by atoms with van der Waals surface area (Å²) in [5, 5.41) is 0. The number of hydrogen-bond acceptors (Lipinski definition) is 3. The largest absolute Gasteiger partial charge is 0.490 e. The number of nitrogens with zero attached hydrogens (tertiary/aromatic N) is 1. The molecule has 0 spiro atoms. The first-order chi connectivity index (χ1) is 7.32. The minimum atomic E-state index is -0.220. The second kappa shape index (κ2) is 4.75. The lowest BCUT2D eigenvalue weighted by Crippen LogP contribution is -2.41. The first kappa shape index (κ1) is 14.7. The van der Waals surface area contributed by atoms with Crippen LogP contribution in [0.5, 0.6) is 0 Å². The Morgan fingerprint density at radius 2 is 1.71 bits per heavy atom. The molecule has 3 nitrogen and oxygen atoms in total. The number of hydrogen-bond donors (Lipinski definition) is 0. The predicted molar refractivity (Wildman–Crippen MR) is 73.0 cm³/mol. The smallest absolute Gasteiger partial charge is 0.400 e. The zero-order chi connectivity index (χ0) is 12.0. The fraction of sp³-hybridized carbons (Fsp3) is 0.846. The summed E-state index contributed by atoms with van der Waals surface area (Å²) >= 11 is 0. The summed E-state index contributed by atoms with van der Waals surface area (Å²) in [5.74, 6) is 0. The third kappa shape index (κ3) is 2.75. The highest BCUT2D eigenvalue weighted by Gasteiger charge is 2.52. The van der Waals surface area contributed by atoms with Crippen molar-refractivity contribution < 1.29 is 9.31 Å². The van der Waals surface area contributed by atoms with Gasteiger partial charge in [0.05, 0.1) is 11.2 Å². The molecule has 4 heteroatoms. The quantitative estimate of drug-likeness (QED) is 0.656. The van der Waals surface area contributed by atoms with Crippen LogP contribution in [0.25, 0.3) is 0 Å². The van der Waals surface area contributed by atoms with E-state index in [1.807, 2.05) is 0 Å². The van der Waals surface area contributed by atoms with E-state index < -0.39 is 0 Å². The monoisotopic (exact) mass is 239 g/mol. The molecule has 98 valence electrons. The normalized spacial score (nSPS) is 27.6. The van der Waals surface area contributed by atoms with Gasteiger partial charge in [0.2, 0.25) is 0 Å². The molecule has 1 saturated heterocycles. The molecule has 0 amide bonds. The van der Waals surface area contributed by atoms with Gasteiger partial charge in [0.15, 0.2) is 0 Å². The Kier molecular flexibility index (Phi) is 4.12. The molecule has 2 aliphatic heterocycles. The molecule has 2 rings (SSSR count). The van der Waals surface area contributed by atoms with E-state index >= 15 is 0 Å². The Labute approximate surface area is 106 Å². The van der Waals surface area contributed by atoms with Gasteiger partial charge in [0.25, 0.3) is 0 Å². The van der Waals surface area contributed by atoms with Crippen LogP contribution in [0.3, 0.4) is 0 Å². The van der Waals surface area contributed by atoms with Crippen LogP contribution in [0.15, 0.2) is 11.5 Å². The third-order valence-electron chi connectivity index (χ3n) is 4.00. The Hall–Kier alpha value is -0.315. The summed E-state index contributed by atoms with van der Waals surface area (Å²) < 4.78 is 12.1. The Morgan fingerprint density at radius 3 is 2.12 bits per heavy atom. The van der Waals surface area contributed by atoms with Crippen molar-refractivity contribution in [3.05, 3.63) is 11.5 Å². The van der Waals surface area contributed by atoms with Gasteiger partial charge >= 0.3 is 7.12 Å². The van der Waals surface area contributed by atoms with E-state index in [1.165, 1.54) is 5.47 Å². The van der Waals surface area contributed by atoms with Crippen molar-refractivity contribution >= 4 is 7.12 Å². The second-order valence-corrected chi connectivity index (χ2v) is 5.88. The van der Waals surface area contributed by atoms with Crippen molar-refractivity contribution in [1.82, 2.24) is 4.90 Å². The van der Waals surface area contributed by atoms with Crippen molar-refractivity contribution in [3.63, 3.8) is 0 Å². The van der Waals surface area contributed by atoms with Crippen LogP contribution in [0.2, 0.25) is 0 Å². The summed E-state index contributed by atoms with van der Waals surface area (Å²) in [6, 6.07) is 0. The van der Waals surface area contributed by atoms with Crippen LogP contribution < -0.4 is 0 Å². The van der Waals surface area contributed by atoms with Crippen LogP contribution in [0.4, 0.5) is 0 Å². The topological polar surface area (TPSA) is 21.7 Å².